The number of fused-ring (bicyclic) bond motifs is 3. The van der Waals surface area contributed by atoms with E-state index in [4.69, 9.17) is 29.7 Å². The third-order valence-corrected chi connectivity index (χ3v) is 7.92. The molecule has 4 aromatic rings. The van der Waals surface area contributed by atoms with Crippen LogP contribution in [0.15, 0.2) is 30.9 Å². The van der Waals surface area contributed by atoms with Gasteiger partial charge in [0.05, 0.1) is 23.5 Å². The van der Waals surface area contributed by atoms with Crippen LogP contribution in [0.3, 0.4) is 0 Å². The summed E-state index contributed by atoms with van der Waals surface area (Å²) in [4.78, 5) is 23.7. The number of H-pyrrole nitrogens is 1. The van der Waals surface area contributed by atoms with Crippen LogP contribution in [0, 0.1) is 0 Å². The van der Waals surface area contributed by atoms with Crippen LogP contribution < -0.4 is 10.5 Å². The fourth-order valence-corrected chi connectivity index (χ4v) is 5.99. The standard InChI is InChI=1S/C30H42N8O4/c1-17(2)37(12-8-7-9-23-35-20-11-10-19(39-18(3)4)13-21(20)36-23)14-22-25-26(42-30(5,6)41-25)29(40-22)38-16-34-24-27(31)32-15-33-28(24)38/h10-11,13,15-18,22,25-26,29H,7-9,12,14H2,1-6H3,(H,35,36)(H2,31,32,33)/t22-,25-,26-,29-/m1/s1. The zero-order valence-corrected chi connectivity index (χ0v) is 25.3. The van der Waals surface area contributed by atoms with Gasteiger partial charge in [0, 0.05) is 25.1 Å². The molecule has 6 rings (SSSR count). The average Bonchev–Trinajstić information content (AvgIpc) is 3.67. The Kier molecular flexibility index (Phi) is 7.81. The lowest BCUT2D eigenvalue weighted by atomic mass is 10.1. The van der Waals surface area contributed by atoms with Gasteiger partial charge in [0.2, 0.25) is 0 Å². The molecule has 4 atom stereocenters. The third-order valence-electron chi connectivity index (χ3n) is 7.92. The lowest BCUT2D eigenvalue weighted by molar-refractivity contribution is -0.198. The Morgan fingerprint density at radius 1 is 1.10 bits per heavy atom. The quantitative estimate of drug-likeness (QED) is 0.249. The zero-order valence-electron chi connectivity index (χ0n) is 25.3. The highest BCUT2D eigenvalue weighted by Gasteiger charge is 2.56. The first kappa shape index (κ1) is 28.8. The lowest BCUT2D eigenvalue weighted by Gasteiger charge is -2.31. The van der Waals surface area contributed by atoms with Crippen molar-refractivity contribution in [2.24, 2.45) is 0 Å². The first-order chi connectivity index (χ1) is 20.1. The molecule has 0 radical (unpaired) electrons. The zero-order chi connectivity index (χ0) is 29.6. The van der Waals surface area contributed by atoms with Crippen molar-refractivity contribution in [2.75, 3.05) is 18.8 Å². The molecule has 0 unspecified atom stereocenters. The summed E-state index contributed by atoms with van der Waals surface area (Å²) < 4.78 is 27.1. The number of ether oxygens (including phenoxy) is 4. The second-order valence-corrected chi connectivity index (χ2v) is 12.3. The number of aromatic nitrogens is 6. The van der Waals surface area contributed by atoms with E-state index in [1.807, 2.05) is 50.5 Å². The Morgan fingerprint density at radius 3 is 2.69 bits per heavy atom. The second-order valence-electron chi connectivity index (χ2n) is 12.3. The molecule has 0 aliphatic carbocycles. The molecule has 2 fully saturated rings. The number of rotatable bonds is 11. The van der Waals surface area contributed by atoms with Crippen LogP contribution in [0.25, 0.3) is 22.2 Å². The SMILES string of the molecule is CC(C)Oc1ccc2[nH]c(CCCCN(C[C@H]3O[C@@H](n4cnc5c(N)ncnc54)[C@@H]4OC(C)(C)O[C@@H]43)C(C)C)nc2c1. The molecular formula is C30H42N8O4. The lowest BCUT2D eigenvalue weighted by Crippen LogP contribution is -2.43. The molecular weight excluding hydrogens is 536 g/mol. The van der Waals surface area contributed by atoms with Crippen molar-refractivity contribution in [3.63, 3.8) is 0 Å². The first-order valence-corrected chi connectivity index (χ1v) is 14.9. The van der Waals surface area contributed by atoms with E-state index >= 15 is 0 Å². The van der Waals surface area contributed by atoms with E-state index in [-0.39, 0.29) is 24.4 Å². The number of benzene rings is 1. The molecule has 0 spiro atoms. The maximum atomic E-state index is 6.64. The fourth-order valence-electron chi connectivity index (χ4n) is 5.99. The minimum atomic E-state index is -0.711. The summed E-state index contributed by atoms with van der Waals surface area (Å²) in [5.74, 6) is 1.48. The molecule has 2 aliphatic heterocycles. The van der Waals surface area contributed by atoms with E-state index in [0.717, 1.165) is 55.0 Å². The summed E-state index contributed by atoms with van der Waals surface area (Å²) >= 11 is 0. The number of nitrogens with one attached hydrogen (secondary N) is 1. The van der Waals surface area contributed by atoms with Gasteiger partial charge in [0.25, 0.3) is 0 Å². The van der Waals surface area contributed by atoms with Crippen molar-refractivity contribution in [1.82, 2.24) is 34.4 Å². The predicted molar refractivity (Wildman–Crippen MR) is 159 cm³/mol. The number of aromatic amines is 1. The van der Waals surface area contributed by atoms with Gasteiger partial charge >= 0.3 is 0 Å². The molecule has 42 heavy (non-hydrogen) atoms. The molecule has 12 nitrogen and oxygen atoms in total. The predicted octanol–water partition coefficient (Wildman–Crippen LogP) is 4.22. The third kappa shape index (κ3) is 5.81. The van der Waals surface area contributed by atoms with Crippen molar-refractivity contribution in [2.45, 2.75) is 103 Å². The topological polar surface area (TPSA) is 138 Å². The molecule has 226 valence electrons. The maximum absolute atomic E-state index is 6.64. The number of anilines is 1. The summed E-state index contributed by atoms with van der Waals surface area (Å²) in [6.45, 7) is 14.1. The number of nitrogens with two attached hydrogens (primary N) is 1. The Balaban J connectivity index is 1.10. The van der Waals surface area contributed by atoms with Gasteiger partial charge in [-0.15, -0.1) is 0 Å². The van der Waals surface area contributed by atoms with Crippen LogP contribution in [-0.2, 0) is 20.6 Å². The number of hydrogen-bond acceptors (Lipinski definition) is 10. The van der Waals surface area contributed by atoms with Gasteiger partial charge in [-0.05, 0) is 73.1 Å². The van der Waals surface area contributed by atoms with Crippen LogP contribution >= 0.6 is 0 Å². The summed E-state index contributed by atoms with van der Waals surface area (Å²) in [7, 11) is 0. The van der Waals surface area contributed by atoms with Gasteiger partial charge in [-0.1, -0.05) is 0 Å². The van der Waals surface area contributed by atoms with Gasteiger partial charge < -0.3 is 29.7 Å². The summed E-state index contributed by atoms with van der Waals surface area (Å²) in [6, 6.07) is 6.37. The Labute approximate surface area is 245 Å². The number of nitrogen functional groups attached to an aromatic ring is 1. The van der Waals surface area contributed by atoms with Crippen LogP contribution in [0.1, 0.15) is 66.4 Å². The fraction of sp³-hybridized carbons (Fsp3) is 0.600. The van der Waals surface area contributed by atoms with Crippen molar-refractivity contribution < 1.29 is 18.9 Å². The van der Waals surface area contributed by atoms with Gasteiger partial charge in [0.1, 0.15) is 41.7 Å². The second kappa shape index (κ2) is 11.4. The molecule has 3 N–H and O–H groups in total. The monoisotopic (exact) mass is 578 g/mol. The van der Waals surface area contributed by atoms with Gasteiger partial charge in [-0.3, -0.25) is 9.47 Å². The molecule has 2 aliphatic rings. The van der Waals surface area contributed by atoms with Crippen molar-refractivity contribution in [3.8, 4) is 5.75 Å². The van der Waals surface area contributed by atoms with Crippen LogP contribution in [0.4, 0.5) is 5.82 Å². The smallest absolute Gasteiger partial charge is 0.167 e. The van der Waals surface area contributed by atoms with Gasteiger partial charge in [-0.25, -0.2) is 19.9 Å². The number of aryl methyl sites for hydroxylation is 1. The van der Waals surface area contributed by atoms with Crippen molar-refractivity contribution in [1.29, 1.82) is 0 Å². The van der Waals surface area contributed by atoms with E-state index in [0.29, 0.717) is 23.0 Å². The summed E-state index contributed by atoms with van der Waals surface area (Å²) in [5.41, 5.74) is 9.19. The highest BCUT2D eigenvalue weighted by molar-refractivity contribution is 5.81. The van der Waals surface area contributed by atoms with E-state index in [2.05, 4.69) is 38.7 Å². The molecule has 0 bridgehead atoms. The normalized spacial score (nSPS) is 23.6. The molecule has 0 saturated carbocycles. The van der Waals surface area contributed by atoms with Crippen molar-refractivity contribution in [3.05, 3.63) is 36.7 Å². The summed E-state index contributed by atoms with van der Waals surface area (Å²) in [5, 5.41) is 0. The average molecular weight is 579 g/mol. The molecule has 3 aromatic heterocycles. The van der Waals surface area contributed by atoms with Crippen LogP contribution in [0.5, 0.6) is 5.75 Å². The number of hydrogen-bond donors (Lipinski definition) is 2. The molecule has 2 saturated heterocycles. The minimum absolute atomic E-state index is 0.134. The molecule has 0 amide bonds. The first-order valence-electron chi connectivity index (χ1n) is 14.9. The van der Waals surface area contributed by atoms with E-state index < -0.39 is 12.0 Å². The number of nitrogens with zero attached hydrogens (tertiary/aromatic N) is 6. The Morgan fingerprint density at radius 2 is 1.90 bits per heavy atom. The van der Waals surface area contributed by atoms with Gasteiger partial charge in [0.15, 0.2) is 23.5 Å². The van der Waals surface area contributed by atoms with Crippen molar-refractivity contribution >= 4 is 28.0 Å². The van der Waals surface area contributed by atoms with E-state index in [1.165, 1.54) is 6.33 Å². The Hall–Kier alpha value is -3.32. The van der Waals surface area contributed by atoms with E-state index in [1.54, 1.807) is 6.33 Å². The number of unbranched alkanes of at least 4 members (excludes halogenated alkanes) is 1. The molecule has 5 heterocycles. The molecule has 1 aromatic carbocycles. The molecule has 12 heteroatoms. The number of imidazole rings is 2. The van der Waals surface area contributed by atoms with Crippen LogP contribution in [0.2, 0.25) is 0 Å². The highest BCUT2D eigenvalue weighted by Crippen LogP contribution is 2.44. The maximum Gasteiger partial charge on any atom is 0.167 e. The van der Waals surface area contributed by atoms with Gasteiger partial charge in [-0.2, -0.15) is 0 Å². The van der Waals surface area contributed by atoms with Crippen LogP contribution in [-0.4, -0.2) is 83.7 Å². The van der Waals surface area contributed by atoms with E-state index in [9.17, 15) is 0 Å². The Bertz CT molecular complexity index is 1530. The highest BCUT2D eigenvalue weighted by atomic mass is 16.8. The largest absolute Gasteiger partial charge is 0.491 e. The minimum Gasteiger partial charge on any atom is -0.491 e. The summed E-state index contributed by atoms with van der Waals surface area (Å²) in [6.07, 6.45) is 5.08.